The van der Waals surface area contributed by atoms with Crippen LogP contribution >= 0.6 is 23.5 Å². The van der Waals surface area contributed by atoms with Crippen molar-refractivity contribution >= 4 is 41.4 Å². The van der Waals surface area contributed by atoms with Crippen molar-refractivity contribution in [2.24, 2.45) is 0 Å². The Labute approximate surface area is 355 Å². The van der Waals surface area contributed by atoms with Crippen LogP contribution in [-0.4, -0.2) is 82.3 Å². The molecule has 0 aromatic rings. The molecule has 1 amide bonds. The lowest BCUT2D eigenvalue weighted by Crippen LogP contribution is -2.36. The number of nitrogens with zero attached hydrogens (tertiary/aromatic N) is 1. The molecule has 0 bridgehead atoms. The highest BCUT2D eigenvalue weighted by molar-refractivity contribution is 8.00. The maximum absolute atomic E-state index is 12.9. The first-order valence-corrected chi connectivity index (χ1v) is 25.9. The molecule has 0 saturated heterocycles. The van der Waals surface area contributed by atoms with Gasteiger partial charge in [-0.1, -0.05) is 143 Å². The summed E-state index contributed by atoms with van der Waals surface area (Å²) in [5, 5.41) is 10.9. The molecule has 0 fully saturated rings. The molecular formula is C47H91NO6S2. The van der Waals surface area contributed by atoms with E-state index >= 15 is 0 Å². The minimum atomic E-state index is -0.315. The molecule has 4 atom stereocenters. The summed E-state index contributed by atoms with van der Waals surface area (Å²) >= 11 is 3.83. The normalized spacial score (nSPS) is 13.6. The van der Waals surface area contributed by atoms with Gasteiger partial charge >= 0.3 is 11.9 Å². The van der Waals surface area contributed by atoms with Crippen LogP contribution in [0.4, 0.5) is 0 Å². The van der Waals surface area contributed by atoms with Gasteiger partial charge in [0.1, 0.15) is 18.8 Å². The van der Waals surface area contributed by atoms with Crippen molar-refractivity contribution in [2.45, 2.75) is 251 Å². The zero-order valence-electron chi connectivity index (χ0n) is 37.6. The van der Waals surface area contributed by atoms with Crippen LogP contribution in [0.2, 0.25) is 0 Å². The van der Waals surface area contributed by atoms with Crippen molar-refractivity contribution in [3.05, 3.63) is 0 Å². The van der Waals surface area contributed by atoms with Crippen LogP contribution in [0.3, 0.4) is 0 Å². The van der Waals surface area contributed by atoms with Gasteiger partial charge in [-0.3, -0.25) is 14.4 Å². The lowest BCUT2D eigenvalue weighted by Gasteiger charge is -2.25. The van der Waals surface area contributed by atoms with Gasteiger partial charge in [-0.15, -0.1) is 0 Å². The molecule has 0 spiro atoms. The maximum Gasteiger partial charge on any atom is 0.325 e. The Morgan fingerprint density at radius 1 is 0.554 bits per heavy atom. The monoisotopic (exact) mass is 830 g/mol. The summed E-state index contributed by atoms with van der Waals surface area (Å²) in [7, 11) is 1.70. The molecular weight excluding hydrogens is 739 g/mol. The quantitative estimate of drug-likeness (QED) is 0.0480. The highest BCUT2D eigenvalue weighted by Gasteiger charge is 2.24. The number of aliphatic hydroxyl groups is 1. The Kier molecular flexibility index (Phi) is 40.2. The molecule has 9 heteroatoms. The summed E-state index contributed by atoms with van der Waals surface area (Å²) in [4.78, 5) is 39.6. The maximum atomic E-state index is 12.9. The third-order valence-electron chi connectivity index (χ3n) is 10.8. The Bertz CT molecular complexity index is 908. The Morgan fingerprint density at radius 2 is 1.04 bits per heavy atom. The molecule has 332 valence electrons. The van der Waals surface area contributed by atoms with E-state index < -0.39 is 0 Å². The molecule has 56 heavy (non-hydrogen) atoms. The molecule has 0 aliphatic heterocycles. The average Bonchev–Trinajstić information content (AvgIpc) is 3.17. The summed E-state index contributed by atoms with van der Waals surface area (Å²) in [5.41, 5.74) is 0. The largest absolute Gasteiger partial charge is 0.461 e. The van der Waals surface area contributed by atoms with E-state index in [1.807, 2.05) is 23.5 Å². The molecule has 4 unspecified atom stereocenters. The minimum absolute atomic E-state index is 0.00243. The summed E-state index contributed by atoms with van der Waals surface area (Å²) in [6.45, 7) is 11.0. The summed E-state index contributed by atoms with van der Waals surface area (Å²) in [6, 6.07) is 0. The Balaban J connectivity index is 4.62. The number of likely N-dealkylation sites (N-methyl/N-ethyl adjacent to an activating group) is 1. The lowest BCUT2D eigenvalue weighted by molar-refractivity contribution is -0.153. The van der Waals surface area contributed by atoms with Crippen molar-refractivity contribution in [1.29, 1.82) is 0 Å². The fourth-order valence-electron chi connectivity index (χ4n) is 6.97. The molecule has 0 aliphatic rings. The Morgan fingerprint density at radius 3 is 1.66 bits per heavy atom. The van der Waals surface area contributed by atoms with Gasteiger partial charge < -0.3 is 19.5 Å². The first-order chi connectivity index (χ1) is 27.2. The van der Waals surface area contributed by atoms with Crippen molar-refractivity contribution in [3.63, 3.8) is 0 Å². The topological polar surface area (TPSA) is 93.1 Å². The Hall–Kier alpha value is -0.930. The fraction of sp³-hybridized carbons (Fsp3) is 0.936. The van der Waals surface area contributed by atoms with Gasteiger partial charge in [0.25, 0.3) is 0 Å². The molecule has 0 saturated carbocycles. The van der Waals surface area contributed by atoms with Gasteiger partial charge in [-0.25, -0.2) is 0 Å². The highest BCUT2D eigenvalue weighted by atomic mass is 32.2. The van der Waals surface area contributed by atoms with E-state index in [0.29, 0.717) is 12.8 Å². The van der Waals surface area contributed by atoms with E-state index in [2.05, 4.69) is 34.6 Å². The number of hydrogen-bond donors (Lipinski definition) is 1. The third-order valence-corrected chi connectivity index (χ3v) is 13.3. The molecule has 0 aromatic carbocycles. The first kappa shape index (κ1) is 55.1. The summed E-state index contributed by atoms with van der Waals surface area (Å²) in [5.74, 6) is 2.77. The second-order valence-corrected chi connectivity index (χ2v) is 19.1. The molecule has 0 aromatic heterocycles. The van der Waals surface area contributed by atoms with Crippen LogP contribution in [0.25, 0.3) is 0 Å². The van der Waals surface area contributed by atoms with Crippen LogP contribution in [0.5, 0.6) is 0 Å². The van der Waals surface area contributed by atoms with Crippen LogP contribution < -0.4 is 0 Å². The van der Waals surface area contributed by atoms with E-state index in [-0.39, 0.29) is 48.0 Å². The number of aliphatic hydroxyl groups excluding tert-OH is 1. The number of carbonyl (C=O) groups is 3. The number of esters is 2. The van der Waals surface area contributed by atoms with Gasteiger partial charge in [0.2, 0.25) is 5.91 Å². The number of carbonyl (C=O) groups excluding carboxylic acids is 3. The summed E-state index contributed by atoms with van der Waals surface area (Å²) < 4.78 is 12.0. The summed E-state index contributed by atoms with van der Waals surface area (Å²) in [6.07, 6.45) is 31.2. The van der Waals surface area contributed by atoms with Gasteiger partial charge in [-0.05, 0) is 82.6 Å². The highest BCUT2D eigenvalue weighted by Crippen LogP contribution is 2.24. The van der Waals surface area contributed by atoms with Crippen LogP contribution in [0.1, 0.15) is 227 Å². The standard InChI is InChI=1S/C47H91NO6S2/c1-7-11-15-18-19-20-28-36-46(51)53-43(40-55-37-29-16-12-8-2)33-26-21-24-31-42(49)32-25-22-27-34-44(41(5)56-38-30-17-13-9-3)54-47(52)39-48(6)45(50)35-23-14-10-4/h41-44,49H,7-40H2,1-6H3. The third kappa shape index (κ3) is 35.1. The van der Waals surface area contributed by atoms with Crippen molar-refractivity contribution in [3.8, 4) is 0 Å². The van der Waals surface area contributed by atoms with Crippen LogP contribution in [0, 0.1) is 0 Å². The predicted octanol–water partition coefficient (Wildman–Crippen LogP) is 13.3. The number of ether oxygens (including phenoxy) is 2. The fourth-order valence-corrected chi connectivity index (χ4v) is 9.19. The van der Waals surface area contributed by atoms with Gasteiger partial charge in [0.05, 0.1) is 6.10 Å². The number of amides is 1. The second kappa shape index (κ2) is 40.8. The van der Waals surface area contributed by atoms with E-state index in [0.717, 1.165) is 114 Å². The van der Waals surface area contributed by atoms with E-state index in [4.69, 9.17) is 9.47 Å². The van der Waals surface area contributed by atoms with E-state index in [1.165, 1.54) is 88.4 Å². The number of rotatable bonds is 42. The SMILES string of the molecule is CCCCCCCCCC(=O)OC(CCCCCC(O)CCCCCC(OC(=O)CN(C)C(=O)CCCCC)C(C)SCCCCCC)CSCCCCCC. The van der Waals surface area contributed by atoms with Gasteiger partial charge in [-0.2, -0.15) is 23.5 Å². The lowest BCUT2D eigenvalue weighted by atomic mass is 10.0. The van der Waals surface area contributed by atoms with Crippen molar-refractivity contribution < 1.29 is 29.0 Å². The minimum Gasteiger partial charge on any atom is -0.461 e. The molecule has 0 heterocycles. The molecule has 0 aliphatic carbocycles. The predicted molar refractivity (Wildman–Crippen MR) is 244 cm³/mol. The second-order valence-electron chi connectivity index (χ2n) is 16.4. The zero-order valence-corrected chi connectivity index (χ0v) is 39.2. The smallest absolute Gasteiger partial charge is 0.325 e. The number of thioether (sulfide) groups is 2. The molecule has 7 nitrogen and oxygen atoms in total. The van der Waals surface area contributed by atoms with E-state index in [9.17, 15) is 19.5 Å². The molecule has 0 rings (SSSR count). The van der Waals surface area contributed by atoms with E-state index in [1.54, 1.807) is 7.05 Å². The van der Waals surface area contributed by atoms with Gasteiger partial charge in [0.15, 0.2) is 0 Å². The molecule has 0 radical (unpaired) electrons. The zero-order chi connectivity index (χ0) is 41.5. The van der Waals surface area contributed by atoms with Crippen molar-refractivity contribution in [2.75, 3.05) is 30.9 Å². The first-order valence-electron chi connectivity index (χ1n) is 23.7. The van der Waals surface area contributed by atoms with Gasteiger partial charge in [0, 0.05) is 30.9 Å². The number of hydrogen-bond acceptors (Lipinski definition) is 8. The average molecular weight is 830 g/mol. The number of unbranched alkanes of at least 4 members (excludes halogenated alkanes) is 18. The van der Waals surface area contributed by atoms with Crippen LogP contribution in [0.15, 0.2) is 0 Å². The molecule has 1 N–H and O–H groups in total. The van der Waals surface area contributed by atoms with Crippen molar-refractivity contribution in [1.82, 2.24) is 4.90 Å². The van der Waals surface area contributed by atoms with Crippen LogP contribution in [-0.2, 0) is 23.9 Å².